The first kappa shape index (κ1) is 11.0. The molecular formula is C11H14O2S. The normalized spacial score (nSPS) is 10.0. The smallest absolute Gasteiger partial charge is 0.194 e. The zero-order valence-electron chi connectivity index (χ0n) is 8.84. The number of aryl methyl sites for hydroxylation is 1. The van der Waals surface area contributed by atoms with E-state index in [0.29, 0.717) is 10.6 Å². The lowest BCUT2D eigenvalue weighted by molar-refractivity contribution is 0.410. The van der Waals surface area contributed by atoms with Crippen molar-refractivity contribution in [3.63, 3.8) is 0 Å². The average molecular weight is 210 g/mol. The van der Waals surface area contributed by atoms with Crippen molar-refractivity contribution in [2.75, 3.05) is 7.11 Å². The number of hydrogen-bond acceptors (Lipinski definition) is 3. The number of hydrogen-bond donors (Lipinski definition) is 1. The molecule has 0 atom stereocenters. The molecule has 0 saturated carbocycles. The van der Waals surface area contributed by atoms with Crippen molar-refractivity contribution in [2.24, 2.45) is 0 Å². The van der Waals surface area contributed by atoms with Crippen LogP contribution in [0.25, 0.3) is 0 Å². The van der Waals surface area contributed by atoms with Crippen LogP contribution in [0.5, 0.6) is 5.75 Å². The van der Waals surface area contributed by atoms with Gasteiger partial charge in [-0.3, -0.25) is 0 Å². The van der Waals surface area contributed by atoms with Crippen molar-refractivity contribution in [2.45, 2.75) is 20.8 Å². The molecule has 1 aromatic rings. The summed E-state index contributed by atoms with van der Waals surface area (Å²) in [6.45, 7) is 5.90. The summed E-state index contributed by atoms with van der Waals surface area (Å²) in [6.07, 6.45) is 0. The Bertz CT molecular complexity index is 383. The van der Waals surface area contributed by atoms with Crippen molar-refractivity contribution in [3.05, 3.63) is 28.3 Å². The van der Waals surface area contributed by atoms with Gasteiger partial charge in [0, 0.05) is 0 Å². The first-order valence-electron chi connectivity index (χ1n) is 4.37. The SMILES string of the molecule is COC(=S)c1c(O)cc(C)c(C)c1C. The monoisotopic (exact) mass is 210 g/mol. The largest absolute Gasteiger partial charge is 0.507 e. The number of phenolic OH excluding ortho intramolecular Hbond substituents is 1. The van der Waals surface area contributed by atoms with Gasteiger partial charge in [0.05, 0.1) is 12.7 Å². The van der Waals surface area contributed by atoms with Gasteiger partial charge in [-0.15, -0.1) is 0 Å². The molecule has 0 heterocycles. The molecule has 0 aliphatic carbocycles. The predicted molar refractivity (Wildman–Crippen MR) is 61.0 cm³/mol. The second-order valence-corrected chi connectivity index (χ2v) is 3.70. The molecule has 0 radical (unpaired) electrons. The fourth-order valence-corrected chi connectivity index (χ4v) is 1.68. The molecule has 0 aliphatic rings. The third-order valence-electron chi connectivity index (χ3n) is 2.53. The van der Waals surface area contributed by atoms with Crippen molar-refractivity contribution in [1.82, 2.24) is 0 Å². The molecule has 3 heteroatoms. The minimum Gasteiger partial charge on any atom is -0.507 e. The highest BCUT2D eigenvalue weighted by atomic mass is 32.1. The highest BCUT2D eigenvalue weighted by molar-refractivity contribution is 7.80. The van der Waals surface area contributed by atoms with Gasteiger partial charge >= 0.3 is 0 Å². The Morgan fingerprint density at radius 1 is 1.29 bits per heavy atom. The first-order chi connectivity index (χ1) is 6.49. The molecule has 2 nitrogen and oxygen atoms in total. The lowest BCUT2D eigenvalue weighted by atomic mass is 9.98. The molecule has 0 spiro atoms. The average Bonchev–Trinajstić information content (AvgIpc) is 2.14. The molecule has 0 amide bonds. The highest BCUT2D eigenvalue weighted by Gasteiger charge is 2.14. The molecule has 0 fully saturated rings. The van der Waals surface area contributed by atoms with Gasteiger partial charge in [0.1, 0.15) is 5.75 Å². The standard InChI is InChI=1S/C11H14O2S/c1-6-5-9(12)10(11(14)13-4)8(3)7(6)2/h5,12H,1-4H3. The quantitative estimate of drug-likeness (QED) is 0.723. The number of phenols is 1. The van der Waals surface area contributed by atoms with Gasteiger partial charge in [-0.05, 0) is 55.7 Å². The van der Waals surface area contributed by atoms with Crippen LogP contribution in [-0.2, 0) is 4.74 Å². The van der Waals surface area contributed by atoms with E-state index in [2.05, 4.69) is 0 Å². The molecule has 0 unspecified atom stereocenters. The summed E-state index contributed by atoms with van der Waals surface area (Å²) in [5.74, 6) is 0.192. The van der Waals surface area contributed by atoms with E-state index in [1.54, 1.807) is 6.07 Å². The predicted octanol–water partition coefficient (Wildman–Crippen LogP) is 2.64. The molecule has 1 N–H and O–H groups in total. The minimum absolute atomic E-state index is 0.192. The molecule has 14 heavy (non-hydrogen) atoms. The minimum atomic E-state index is 0.192. The number of aromatic hydroxyl groups is 1. The number of rotatable bonds is 1. The maximum absolute atomic E-state index is 9.73. The van der Waals surface area contributed by atoms with E-state index in [1.807, 2.05) is 20.8 Å². The van der Waals surface area contributed by atoms with Gasteiger partial charge in [-0.1, -0.05) is 0 Å². The fourth-order valence-electron chi connectivity index (χ4n) is 1.42. The lowest BCUT2D eigenvalue weighted by Crippen LogP contribution is -2.05. The van der Waals surface area contributed by atoms with Crippen LogP contribution in [0.4, 0.5) is 0 Å². The maximum Gasteiger partial charge on any atom is 0.194 e. The molecule has 0 aliphatic heterocycles. The van der Waals surface area contributed by atoms with Crippen LogP contribution in [0.15, 0.2) is 6.07 Å². The van der Waals surface area contributed by atoms with E-state index in [4.69, 9.17) is 17.0 Å². The highest BCUT2D eigenvalue weighted by Crippen LogP contribution is 2.27. The second kappa shape index (κ2) is 3.96. The van der Waals surface area contributed by atoms with Crippen molar-refractivity contribution in [1.29, 1.82) is 0 Å². The summed E-state index contributed by atoms with van der Waals surface area (Å²) < 4.78 is 4.96. The van der Waals surface area contributed by atoms with Crippen molar-refractivity contribution >= 4 is 17.3 Å². The van der Waals surface area contributed by atoms with Crippen LogP contribution in [0.1, 0.15) is 22.3 Å². The first-order valence-corrected chi connectivity index (χ1v) is 4.78. The van der Waals surface area contributed by atoms with Crippen LogP contribution in [0.3, 0.4) is 0 Å². The van der Waals surface area contributed by atoms with Gasteiger partial charge in [-0.2, -0.15) is 0 Å². The van der Waals surface area contributed by atoms with Gasteiger partial charge in [0.2, 0.25) is 0 Å². The molecular weight excluding hydrogens is 196 g/mol. The summed E-state index contributed by atoms with van der Waals surface area (Å²) in [5, 5.41) is 10.1. The summed E-state index contributed by atoms with van der Waals surface area (Å²) in [7, 11) is 1.51. The molecule has 0 saturated heterocycles. The van der Waals surface area contributed by atoms with Gasteiger partial charge < -0.3 is 9.84 Å². The molecule has 0 bridgehead atoms. The Balaban J connectivity index is 3.44. The van der Waals surface area contributed by atoms with E-state index in [1.165, 1.54) is 7.11 Å². The molecule has 0 aromatic heterocycles. The number of thiocarbonyl (C=S) groups is 1. The van der Waals surface area contributed by atoms with Gasteiger partial charge in [0.15, 0.2) is 5.05 Å². The summed E-state index contributed by atoms with van der Waals surface area (Å²) >= 11 is 5.02. The van der Waals surface area contributed by atoms with E-state index >= 15 is 0 Å². The Kier molecular flexibility index (Phi) is 3.11. The lowest BCUT2D eigenvalue weighted by Gasteiger charge is -2.13. The summed E-state index contributed by atoms with van der Waals surface area (Å²) in [6, 6.07) is 1.71. The zero-order chi connectivity index (χ0) is 10.9. The number of ether oxygens (including phenoxy) is 1. The van der Waals surface area contributed by atoms with Gasteiger partial charge in [-0.25, -0.2) is 0 Å². The molecule has 76 valence electrons. The van der Waals surface area contributed by atoms with Crippen LogP contribution in [0.2, 0.25) is 0 Å². The van der Waals surface area contributed by atoms with Gasteiger partial charge in [0.25, 0.3) is 0 Å². The number of methoxy groups -OCH3 is 1. The Labute approximate surface area is 89.5 Å². The Hall–Kier alpha value is -1.09. The maximum atomic E-state index is 9.73. The third-order valence-corrected chi connectivity index (χ3v) is 2.90. The van der Waals surface area contributed by atoms with Crippen LogP contribution in [-0.4, -0.2) is 17.3 Å². The van der Waals surface area contributed by atoms with Crippen molar-refractivity contribution < 1.29 is 9.84 Å². The molecule has 1 rings (SSSR count). The van der Waals surface area contributed by atoms with E-state index in [-0.39, 0.29) is 5.75 Å². The third kappa shape index (κ3) is 1.73. The summed E-state index contributed by atoms with van der Waals surface area (Å²) in [4.78, 5) is 0. The van der Waals surface area contributed by atoms with Crippen LogP contribution >= 0.6 is 12.2 Å². The summed E-state index contributed by atoms with van der Waals surface area (Å²) in [5.41, 5.74) is 3.81. The Morgan fingerprint density at radius 2 is 1.86 bits per heavy atom. The zero-order valence-corrected chi connectivity index (χ0v) is 9.66. The fraction of sp³-hybridized carbons (Fsp3) is 0.364. The molecule has 1 aromatic carbocycles. The van der Waals surface area contributed by atoms with Crippen LogP contribution in [0, 0.1) is 20.8 Å². The number of benzene rings is 1. The van der Waals surface area contributed by atoms with Crippen LogP contribution < -0.4 is 0 Å². The topological polar surface area (TPSA) is 29.5 Å². The second-order valence-electron chi connectivity index (χ2n) is 3.33. The van der Waals surface area contributed by atoms with E-state index < -0.39 is 0 Å². The van der Waals surface area contributed by atoms with E-state index in [9.17, 15) is 5.11 Å². The van der Waals surface area contributed by atoms with Crippen molar-refractivity contribution in [3.8, 4) is 5.75 Å². The Morgan fingerprint density at radius 3 is 2.36 bits per heavy atom. The van der Waals surface area contributed by atoms with E-state index in [0.717, 1.165) is 16.7 Å².